The first-order chi connectivity index (χ1) is 5.11. The summed E-state index contributed by atoms with van der Waals surface area (Å²) in [5.41, 5.74) is 4.94. The summed E-state index contributed by atoms with van der Waals surface area (Å²) < 4.78 is 0. The van der Waals surface area contributed by atoms with Gasteiger partial charge in [0.1, 0.15) is 0 Å². The lowest BCUT2D eigenvalue weighted by Crippen LogP contribution is -2.41. The first-order valence-corrected chi connectivity index (χ1v) is 2.98. The lowest BCUT2D eigenvalue weighted by atomic mass is 10.3. The molecule has 62 valence electrons. The molecule has 0 aliphatic heterocycles. The van der Waals surface area contributed by atoms with Crippen LogP contribution in [0, 0.1) is 10.3 Å². The van der Waals surface area contributed by atoms with Gasteiger partial charge in [-0.15, -0.1) is 4.91 Å². The van der Waals surface area contributed by atoms with E-state index >= 15 is 0 Å². The summed E-state index contributed by atoms with van der Waals surface area (Å²) in [6.45, 7) is 1.17. The Bertz CT molecular complexity index is 179. The fourth-order valence-electron chi connectivity index (χ4n) is 0.425. The van der Waals surface area contributed by atoms with Crippen LogP contribution in [0.2, 0.25) is 0 Å². The molecule has 0 spiro atoms. The molecule has 11 heavy (non-hydrogen) atoms. The Hall–Kier alpha value is -1.30. The molecule has 1 atom stereocenters. The second-order valence-electron chi connectivity index (χ2n) is 1.96. The van der Waals surface area contributed by atoms with Crippen molar-refractivity contribution in [3.63, 3.8) is 0 Å². The maximum absolute atomic E-state index is 10.6. The predicted octanol–water partition coefficient (Wildman–Crippen LogP) is -0.807. The van der Waals surface area contributed by atoms with Gasteiger partial charge >= 0.3 is 0 Å². The van der Waals surface area contributed by atoms with E-state index in [-0.39, 0.29) is 12.3 Å². The van der Waals surface area contributed by atoms with Crippen molar-refractivity contribution in [2.75, 3.05) is 6.54 Å². The SMILES string of the molecule is CC(=N)C(N=O)NC(=O)CN. The van der Waals surface area contributed by atoms with Crippen molar-refractivity contribution in [3.05, 3.63) is 4.91 Å². The van der Waals surface area contributed by atoms with Gasteiger partial charge in [0.2, 0.25) is 12.1 Å². The highest BCUT2D eigenvalue weighted by Gasteiger charge is 2.12. The molecule has 0 rings (SSSR count). The van der Waals surface area contributed by atoms with Gasteiger partial charge in [0.25, 0.3) is 0 Å². The number of nitrogens with two attached hydrogens (primary N) is 1. The Morgan fingerprint density at radius 3 is 2.64 bits per heavy atom. The summed E-state index contributed by atoms with van der Waals surface area (Å²) in [5.74, 6) is -0.499. The molecule has 0 aliphatic rings. The molecule has 0 fully saturated rings. The number of nitroso groups, excluding NO2 is 1. The molecule has 0 aromatic carbocycles. The summed E-state index contributed by atoms with van der Waals surface area (Å²) in [7, 11) is 0. The van der Waals surface area contributed by atoms with Gasteiger partial charge in [-0.1, -0.05) is 0 Å². The van der Waals surface area contributed by atoms with E-state index in [2.05, 4.69) is 10.5 Å². The lowest BCUT2D eigenvalue weighted by molar-refractivity contribution is -0.120. The molecule has 0 heterocycles. The highest BCUT2D eigenvalue weighted by molar-refractivity contribution is 5.89. The molecule has 0 radical (unpaired) electrons. The van der Waals surface area contributed by atoms with Crippen LogP contribution in [0.5, 0.6) is 0 Å². The van der Waals surface area contributed by atoms with Crippen LogP contribution in [0.1, 0.15) is 6.92 Å². The highest BCUT2D eigenvalue weighted by atomic mass is 16.3. The van der Waals surface area contributed by atoms with Gasteiger partial charge in [-0.25, -0.2) is 0 Å². The molecule has 0 aromatic rings. The quantitative estimate of drug-likeness (QED) is 0.368. The Morgan fingerprint density at radius 2 is 2.36 bits per heavy atom. The van der Waals surface area contributed by atoms with Crippen LogP contribution in [0.4, 0.5) is 0 Å². The minimum absolute atomic E-state index is 0.0122. The maximum Gasteiger partial charge on any atom is 0.235 e. The highest BCUT2D eigenvalue weighted by Crippen LogP contribution is 1.86. The molecule has 0 saturated carbocycles. The van der Waals surface area contributed by atoms with E-state index in [1.54, 1.807) is 0 Å². The second-order valence-corrected chi connectivity index (χ2v) is 1.96. The van der Waals surface area contributed by atoms with E-state index in [0.717, 1.165) is 0 Å². The zero-order valence-corrected chi connectivity index (χ0v) is 6.13. The van der Waals surface area contributed by atoms with Gasteiger partial charge in [0.05, 0.1) is 12.3 Å². The fraction of sp³-hybridized carbons (Fsp3) is 0.600. The number of hydrogen-bond acceptors (Lipinski definition) is 5. The van der Waals surface area contributed by atoms with Gasteiger partial charge in [-0.2, -0.15) is 0 Å². The Balaban J connectivity index is 3.98. The van der Waals surface area contributed by atoms with Crippen LogP contribution in [0.3, 0.4) is 0 Å². The molecule has 1 amide bonds. The normalized spacial score (nSPS) is 11.8. The number of nitrogens with zero attached hydrogens (tertiary/aromatic N) is 1. The van der Waals surface area contributed by atoms with Crippen LogP contribution < -0.4 is 11.1 Å². The summed E-state index contributed by atoms with van der Waals surface area (Å²) >= 11 is 0. The van der Waals surface area contributed by atoms with E-state index in [1.807, 2.05) is 0 Å². The van der Waals surface area contributed by atoms with E-state index in [9.17, 15) is 9.70 Å². The Morgan fingerprint density at radius 1 is 1.82 bits per heavy atom. The van der Waals surface area contributed by atoms with Crippen molar-refractivity contribution < 1.29 is 4.79 Å². The van der Waals surface area contributed by atoms with Crippen LogP contribution in [0.15, 0.2) is 5.18 Å². The molecular weight excluding hydrogens is 148 g/mol. The third kappa shape index (κ3) is 3.41. The molecule has 0 saturated heterocycles. The first kappa shape index (κ1) is 9.70. The smallest absolute Gasteiger partial charge is 0.235 e. The van der Waals surface area contributed by atoms with E-state index < -0.39 is 12.1 Å². The van der Waals surface area contributed by atoms with E-state index in [1.165, 1.54) is 6.92 Å². The van der Waals surface area contributed by atoms with Crippen LogP contribution in [-0.2, 0) is 4.79 Å². The van der Waals surface area contributed by atoms with Crippen molar-refractivity contribution in [3.8, 4) is 0 Å². The monoisotopic (exact) mass is 158 g/mol. The largest absolute Gasteiger partial charge is 0.326 e. The molecule has 1 unspecified atom stereocenters. The number of carbonyl (C=O) groups excluding carboxylic acids is 1. The minimum atomic E-state index is -1.08. The standard InChI is InChI=1S/C5H10N4O2/c1-3(7)5(9-11)8-4(10)2-6/h5,7H,2,6H2,1H3,(H,8,10). The van der Waals surface area contributed by atoms with Crippen LogP contribution in [0.25, 0.3) is 0 Å². The van der Waals surface area contributed by atoms with Crippen molar-refractivity contribution in [2.24, 2.45) is 10.9 Å². The number of hydrogen-bond donors (Lipinski definition) is 3. The van der Waals surface area contributed by atoms with Crippen molar-refractivity contribution in [1.82, 2.24) is 5.32 Å². The van der Waals surface area contributed by atoms with Crippen LogP contribution in [-0.4, -0.2) is 24.3 Å². The number of amides is 1. The van der Waals surface area contributed by atoms with E-state index in [0.29, 0.717) is 0 Å². The van der Waals surface area contributed by atoms with Crippen molar-refractivity contribution in [1.29, 1.82) is 5.41 Å². The third-order valence-electron chi connectivity index (χ3n) is 0.999. The summed E-state index contributed by atoms with van der Waals surface area (Å²) in [4.78, 5) is 20.5. The molecular formula is C5H10N4O2. The molecule has 0 aromatic heterocycles. The molecule has 4 N–H and O–H groups in total. The Labute approximate surface area is 63.6 Å². The molecule has 0 aliphatic carbocycles. The lowest BCUT2D eigenvalue weighted by Gasteiger charge is -2.07. The van der Waals surface area contributed by atoms with Gasteiger partial charge < -0.3 is 16.5 Å². The van der Waals surface area contributed by atoms with Gasteiger partial charge in [0.15, 0.2) is 0 Å². The average Bonchev–Trinajstić information content (AvgIpc) is 1.99. The molecule has 0 bridgehead atoms. The zero-order chi connectivity index (χ0) is 8.85. The van der Waals surface area contributed by atoms with Gasteiger partial charge in [-0.3, -0.25) is 4.79 Å². The molecule has 6 heteroatoms. The number of carbonyl (C=O) groups is 1. The van der Waals surface area contributed by atoms with Crippen molar-refractivity contribution in [2.45, 2.75) is 13.1 Å². The van der Waals surface area contributed by atoms with Gasteiger partial charge in [0, 0.05) is 0 Å². The summed E-state index contributed by atoms with van der Waals surface area (Å²) in [6, 6.07) is 0. The first-order valence-electron chi connectivity index (χ1n) is 2.98. The maximum atomic E-state index is 10.6. The van der Waals surface area contributed by atoms with E-state index in [4.69, 9.17) is 11.1 Å². The second kappa shape index (κ2) is 4.51. The summed E-state index contributed by atoms with van der Waals surface area (Å²) in [6.07, 6.45) is -1.08. The fourth-order valence-corrected chi connectivity index (χ4v) is 0.425. The topological polar surface area (TPSA) is 108 Å². The Kier molecular flexibility index (Phi) is 3.97. The number of rotatable bonds is 4. The molecule has 6 nitrogen and oxygen atoms in total. The van der Waals surface area contributed by atoms with Gasteiger partial charge in [-0.05, 0) is 12.1 Å². The van der Waals surface area contributed by atoms with Crippen molar-refractivity contribution >= 4 is 11.6 Å². The summed E-state index contributed by atoms with van der Waals surface area (Å²) in [5, 5.41) is 11.6. The number of nitrogens with one attached hydrogen (secondary N) is 2. The predicted molar refractivity (Wildman–Crippen MR) is 40.2 cm³/mol. The van der Waals surface area contributed by atoms with Crippen LogP contribution >= 0.6 is 0 Å². The third-order valence-corrected chi connectivity index (χ3v) is 0.999. The average molecular weight is 158 g/mol. The zero-order valence-electron chi connectivity index (χ0n) is 6.13. The minimum Gasteiger partial charge on any atom is -0.326 e.